The van der Waals surface area contributed by atoms with Crippen LogP contribution in [0.25, 0.3) is 0 Å². The van der Waals surface area contributed by atoms with Gasteiger partial charge in [0, 0.05) is 6.42 Å². The molecule has 0 aromatic heterocycles. The molecular formula is C50H91NO8. The molecule has 59 heavy (non-hydrogen) atoms. The van der Waals surface area contributed by atoms with Crippen molar-refractivity contribution in [2.45, 2.75) is 249 Å². The number of nitrogens with one attached hydrogen (secondary N) is 1. The summed E-state index contributed by atoms with van der Waals surface area (Å²) in [4.78, 5) is 12.9. The highest BCUT2D eigenvalue weighted by Gasteiger charge is 2.44. The van der Waals surface area contributed by atoms with Crippen LogP contribution in [0.3, 0.4) is 0 Å². The first-order valence-electron chi connectivity index (χ1n) is 24.4. The van der Waals surface area contributed by atoms with Crippen LogP contribution in [-0.2, 0) is 14.3 Å². The number of carbonyl (C=O) groups is 1. The molecule has 0 aromatic carbocycles. The molecule has 1 fully saturated rings. The zero-order valence-corrected chi connectivity index (χ0v) is 37.7. The van der Waals surface area contributed by atoms with Crippen molar-refractivity contribution in [1.82, 2.24) is 5.32 Å². The van der Waals surface area contributed by atoms with Crippen LogP contribution in [0.15, 0.2) is 48.6 Å². The van der Waals surface area contributed by atoms with Crippen molar-refractivity contribution in [2.24, 2.45) is 0 Å². The van der Waals surface area contributed by atoms with Crippen molar-refractivity contribution in [3.63, 3.8) is 0 Å². The molecule has 7 atom stereocenters. The topological polar surface area (TPSA) is 149 Å². The number of carbonyl (C=O) groups excluding carboxylic acids is 1. The molecule has 0 bridgehead atoms. The molecule has 1 saturated heterocycles. The average molecular weight is 834 g/mol. The van der Waals surface area contributed by atoms with E-state index in [1.807, 2.05) is 6.08 Å². The van der Waals surface area contributed by atoms with Crippen LogP contribution in [0.5, 0.6) is 0 Å². The van der Waals surface area contributed by atoms with E-state index >= 15 is 0 Å². The maximum Gasteiger partial charge on any atom is 0.220 e. The van der Waals surface area contributed by atoms with Gasteiger partial charge in [0.25, 0.3) is 0 Å². The molecule has 0 aromatic rings. The second kappa shape index (κ2) is 40.2. The van der Waals surface area contributed by atoms with Crippen LogP contribution in [0.4, 0.5) is 0 Å². The SMILES string of the molecule is CC/C=C\C/C=C\C/C=C\CCCCCC(=O)NC(COC1OC(CO)C(O)C(O)C1O)C(O)/C=C/CCCCCCCCCCCCCCCCCCCCCCC. The van der Waals surface area contributed by atoms with Crippen molar-refractivity contribution in [2.75, 3.05) is 13.2 Å². The van der Waals surface area contributed by atoms with E-state index in [0.717, 1.165) is 64.2 Å². The number of amides is 1. The fourth-order valence-corrected chi connectivity index (χ4v) is 7.52. The van der Waals surface area contributed by atoms with E-state index in [-0.39, 0.29) is 12.5 Å². The van der Waals surface area contributed by atoms with Gasteiger partial charge in [-0.15, -0.1) is 0 Å². The third-order valence-corrected chi connectivity index (χ3v) is 11.4. The molecule has 0 spiro atoms. The van der Waals surface area contributed by atoms with Crippen molar-refractivity contribution in [3.8, 4) is 0 Å². The van der Waals surface area contributed by atoms with Gasteiger partial charge in [0.15, 0.2) is 6.29 Å². The number of aliphatic hydroxyl groups is 5. The Kier molecular flexibility index (Phi) is 37.6. The molecule has 1 rings (SSSR count). The predicted molar refractivity (Wildman–Crippen MR) is 244 cm³/mol. The highest BCUT2D eigenvalue weighted by molar-refractivity contribution is 5.76. The number of aliphatic hydroxyl groups excluding tert-OH is 5. The molecule has 344 valence electrons. The fraction of sp³-hybridized carbons (Fsp3) is 0.820. The highest BCUT2D eigenvalue weighted by atomic mass is 16.7. The van der Waals surface area contributed by atoms with E-state index in [0.29, 0.717) is 6.42 Å². The molecule has 0 saturated carbocycles. The standard InChI is InChI=1S/C50H91NO8/c1-3-5-7-9-11-13-15-17-18-19-20-21-22-23-24-25-26-28-29-31-33-35-37-39-44(53)43(42-58-50-49(57)48(56)47(55)45(41-52)59-50)51-46(54)40-38-36-34-32-30-27-16-14-12-10-8-6-4-2/h6,8,12,14,27,30,37,39,43-45,47-50,52-53,55-57H,3-5,7,9-11,13,15-26,28-29,31-36,38,40-42H2,1-2H3,(H,51,54)/b8-6-,14-12-,30-27-,39-37+. The molecule has 1 aliphatic rings. The van der Waals surface area contributed by atoms with Crippen LogP contribution in [0.1, 0.15) is 206 Å². The summed E-state index contributed by atoms with van der Waals surface area (Å²) in [5.74, 6) is -0.206. The lowest BCUT2D eigenvalue weighted by Crippen LogP contribution is -2.60. The molecule has 0 aliphatic carbocycles. The number of hydrogen-bond acceptors (Lipinski definition) is 8. The molecular weight excluding hydrogens is 743 g/mol. The molecule has 1 heterocycles. The third-order valence-electron chi connectivity index (χ3n) is 11.4. The molecule has 9 nitrogen and oxygen atoms in total. The van der Waals surface area contributed by atoms with Crippen molar-refractivity contribution >= 4 is 5.91 Å². The smallest absolute Gasteiger partial charge is 0.220 e. The minimum Gasteiger partial charge on any atom is -0.394 e. The first-order valence-corrected chi connectivity index (χ1v) is 24.4. The number of ether oxygens (including phenoxy) is 2. The summed E-state index contributed by atoms with van der Waals surface area (Å²) in [7, 11) is 0. The molecule has 1 aliphatic heterocycles. The first kappa shape index (κ1) is 55.2. The Morgan fingerprint density at radius 2 is 1.05 bits per heavy atom. The first-order chi connectivity index (χ1) is 28.8. The summed E-state index contributed by atoms with van der Waals surface area (Å²) < 4.78 is 11.2. The van der Waals surface area contributed by atoms with Crippen LogP contribution in [0.2, 0.25) is 0 Å². The third kappa shape index (κ3) is 30.8. The van der Waals surface area contributed by atoms with E-state index < -0.39 is 49.5 Å². The number of allylic oxidation sites excluding steroid dienone is 7. The Morgan fingerprint density at radius 1 is 0.593 bits per heavy atom. The minimum absolute atomic E-state index is 0.201. The molecule has 1 amide bonds. The molecule has 7 unspecified atom stereocenters. The van der Waals surface area contributed by atoms with Crippen LogP contribution in [0, 0.1) is 0 Å². The van der Waals surface area contributed by atoms with Crippen molar-refractivity contribution in [1.29, 1.82) is 0 Å². The van der Waals surface area contributed by atoms with Crippen LogP contribution < -0.4 is 5.32 Å². The minimum atomic E-state index is -1.57. The van der Waals surface area contributed by atoms with Gasteiger partial charge in [0.2, 0.25) is 5.91 Å². The average Bonchev–Trinajstić information content (AvgIpc) is 3.23. The zero-order valence-electron chi connectivity index (χ0n) is 37.7. The van der Waals surface area contributed by atoms with Crippen LogP contribution >= 0.6 is 0 Å². The summed E-state index contributed by atoms with van der Waals surface area (Å²) >= 11 is 0. The van der Waals surface area contributed by atoms with Gasteiger partial charge < -0.3 is 40.3 Å². The molecule has 6 N–H and O–H groups in total. The quantitative estimate of drug-likeness (QED) is 0.0264. The maximum absolute atomic E-state index is 12.9. The molecule has 0 radical (unpaired) electrons. The van der Waals surface area contributed by atoms with Gasteiger partial charge in [-0.05, 0) is 51.4 Å². The normalized spacial score (nSPS) is 21.1. The predicted octanol–water partition coefficient (Wildman–Crippen LogP) is 10.6. The van der Waals surface area contributed by atoms with Gasteiger partial charge >= 0.3 is 0 Å². The Balaban J connectivity index is 2.30. The Labute approximate surface area is 361 Å². The lowest BCUT2D eigenvalue weighted by atomic mass is 9.99. The summed E-state index contributed by atoms with van der Waals surface area (Å²) in [6, 6.07) is -0.820. The molecule has 9 heteroatoms. The summed E-state index contributed by atoms with van der Waals surface area (Å²) in [6.07, 6.45) is 44.5. The largest absolute Gasteiger partial charge is 0.394 e. The summed E-state index contributed by atoms with van der Waals surface area (Å²) in [5, 5.41) is 54.2. The lowest BCUT2D eigenvalue weighted by Gasteiger charge is -2.40. The Morgan fingerprint density at radius 3 is 1.56 bits per heavy atom. The van der Waals surface area contributed by atoms with E-state index in [4.69, 9.17) is 9.47 Å². The number of unbranched alkanes of at least 4 members (excludes halogenated alkanes) is 24. The van der Waals surface area contributed by atoms with Gasteiger partial charge in [0.05, 0.1) is 25.4 Å². The highest BCUT2D eigenvalue weighted by Crippen LogP contribution is 2.23. The summed E-state index contributed by atoms with van der Waals surface area (Å²) in [6.45, 7) is 3.64. The fourth-order valence-electron chi connectivity index (χ4n) is 7.52. The van der Waals surface area contributed by atoms with Gasteiger partial charge in [-0.2, -0.15) is 0 Å². The second-order valence-corrected chi connectivity index (χ2v) is 16.9. The van der Waals surface area contributed by atoms with Crippen molar-refractivity contribution < 1.29 is 39.8 Å². The Hall–Kier alpha value is -1.85. The second-order valence-electron chi connectivity index (χ2n) is 16.9. The van der Waals surface area contributed by atoms with E-state index in [2.05, 4.69) is 55.6 Å². The van der Waals surface area contributed by atoms with E-state index in [9.17, 15) is 30.3 Å². The maximum atomic E-state index is 12.9. The van der Waals surface area contributed by atoms with Gasteiger partial charge in [0.1, 0.15) is 24.4 Å². The van der Waals surface area contributed by atoms with Crippen LogP contribution in [-0.4, -0.2) is 87.5 Å². The van der Waals surface area contributed by atoms with Crippen molar-refractivity contribution in [3.05, 3.63) is 48.6 Å². The van der Waals surface area contributed by atoms with Gasteiger partial charge in [-0.3, -0.25) is 4.79 Å². The monoisotopic (exact) mass is 834 g/mol. The lowest BCUT2D eigenvalue weighted by molar-refractivity contribution is -0.302. The Bertz CT molecular complexity index is 1060. The van der Waals surface area contributed by atoms with E-state index in [1.165, 1.54) is 122 Å². The van der Waals surface area contributed by atoms with Gasteiger partial charge in [-0.25, -0.2) is 0 Å². The van der Waals surface area contributed by atoms with E-state index in [1.54, 1.807) is 6.08 Å². The van der Waals surface area contributed by atoms with Gasteiger partial charge in [-0.1, -0.05) is 197 Å². The summed E-state index contributed by atoms with van der Waals surface area (Å²) in [5.41, 5.74) is 0. The zero-order chi connectivity index (χ0) is 43.0. The number of hydrogen-bond donors (Lipinski definition) is 6. The number of rotatable bonds is 40.